The Morgan fingerprint density at radius 1 is 1.29 bits per heavy atom. The van der Waals surface area contributed by atoms with E-state index >= 15 is 0 Å². The molecule has 4 aromatic rings. The molecule has 0 aliphatic carbocycles. The van der Waals surface area contributed by atoms with Gasteiger partial charge >= 0.3 is 0 Å². The third-order valence-electron chi connectivity index (χ3n) is 4.32. The molecular weight excluding hydrogens is 436 g/mol. The molecule has 1 aromatic carbocycles. The van der Waals surface area contributed by atoms with Crippen LogP contribution in [-0.2, 0) is 5.75 Å². The summed E-state index contributed by atoms with van der Waals surface area (Å²) >= 11 is 3.06. The number of carbonyl (C=O) groups excluding carboxylic acids is 1. The van der Waals surface area contributed by atoms with E-state index in [1.807, 2.05) is 49.6 Å². The van der Waals surface area contributed by atoms with E-state index in [1.54, 1.807) is 6.21 Å². The van der Waals surface area contributed by atoms with Crippen LogP contribution >= 0.6 is 23.1 Å². The van der Waals surface area contributed by atoms with E-state index < -0.39 is 5.91 Å². The summed E-state index contributed by atoms with van der Waals surface area (Å²) in [6.45, 7) is 4.00. The van der Waals surface area contributed by atoms with Crippen LogP contribution in [-0.4, -0.2) is 37.4 Å². The van der Waals surface area contributed by atoms with Crippen molar-refractivity contribution in [2.75, 3.05) is 5.73 Å². The van der Waals surface area contributed by atoms with Crippen molar-refractivity contribution in [1.82, 2.24) is 30.7 Å². The van der Waals surface area contributed by atoms with Gasteiger partial charge < -0.3 is 5.73 Å². The second kappa shape index (κ2) is 9.10. The van der Waals surface area contributed by atoms with Crippen LogP contribution in [0.15, 0.2) is 50.3 Å². The molecule has 3 N–H and O–H groups in total. The van der Waals surface area contributed by atoms with E-state index in [0.29, 0.717) is 11.4 Å². The SMILES string of the molecule is Cc1ccc(SCc2c(C(=O)N/N=C\c3sccc3C)nnn2-c2nonc2N)cc1. The highest BCUT2D eigenvalue weighted by Crippen LogP contribution is 2.26. The predicted molar refractivity (Wildman–Crippen MR) is 118 cm³/mol. The maximum absolute atomic E-state index is 12.8. The number of hydrogen-bond acceptors (Lipinski definition) is 10. The largest absolute Gasteiger partial charge is 0.378 e. The van der Waals surface area contributed by atoms with Crippen molar-refractivity contribution in [3.05, 3.63) is 63.1 Å². The Kier molecular flexibility index (Phi) is 6.09. The molecule has 31 heavy (non-hydrogen) atoms. The highest BCUT2D eigenvalue weighted by Gasteiger charge is 2.24. The molecule has 0 saturated heterocycles. The molecule has 10 nitrogen and oxygen atoms in total. The van der Waals surface area contributed by atoms with Crippen LogP contribution in [0.25, 0.3) is 5.82 Å². The average Bonchev–Trinajstić information content (AvgIpc) is 3.47. The van der Waals surface area contributed by atoms with Crippen LogP contribution in [0.1, 0.15) is 32.2 Å². The number of amides is 1. The zero-order chi connectivity index (χ0) is 21.8. The molecule has 1 amide bonds. The monoisotopic (exact) mass is 454 g/mol. The van der Waals surface area contributed by atoms with Crippen molar-refractivity contribution < 1.29 is 9.42 Å². The molecule has 4 rings (SSSR count). The number of nitrogens with zero attached hydrogens (tertiary/aromatic N) is 6. The first-order chi connectivity index (χ1) is 15.0. The zero-order valence-electron chi connectivity index (χ0n) is 16.6. The number of hydrogen-bond donors (Lipinski definition) is 2. The van der Waals surface area contributed by atoms with Gasteiger partial charge in [0.2, 0.25) is 11.6 Å². The third-order valence-corrected chi connectivity index (χ3v) is 6.30. The van der Waals surface area contributed by atoms with Crippen LogP contribution in [0.5, 0.6) is 0 Å². The van der Waals surface area contributed by atoms with Gasteiger partial charge in [0.25, 0.3) is 5.91 Å². The van der Waals surface area contributed by atoms with Crippen molar-refractivity contribution in [3.8, 4) is 5.82 Å². The number of carbonyl (C=O) groups is 1. The lowest BCUT2D eigenvalue weighted by atomic mass is 10.2. The van der Waals surface area contributed by atoms with E-state index in [1.165, 1.54) is 27.8 Å². The van der Waals surface area contributed by atoms with Crippen molar-refractivity contribution >= 4 is 41.0 Å². The summed E-state index contributed by atoms with van der Waals surface area (Å²) < 4.78 is 6.03. The first kappa shape index (κ1) is 20.8. The molecule has 12 heteroatoms. The lowest BCUT2D eigenvalue weighted by Gasteiger charge is -2.06. The van der Waals surface area contributed by atoms with Crippen molar-refractivity contribution in [2.45, 2.75) is 24.5 Å². The molecule has 0 aliphatic rings. The Morgan fingerprint density at radius 2 is 2.10 bits per heavy atom. The number of anilines is 1. The number of rotatable bonds is 7. The Balaban J connectivity index is 1.59. The summed E-state index contributed by atoms with van der Waals surface area (Å²) in [5.74, 6) is 0.110. The van der Waals surface area contributed by atoms with E-state index in [-0.39, 0.29) is 17.3 Å². The summed E-state index contributed by atoms with van der Waals surface area (Å²) in [5, 5.41) is 21.4. The van der Waals surface area contributed by atoms with E-state index in [9.17, 15) is 4.79 Å². The summed E-state index contributed by atoms with van der Waals surface area (Å²) in [6.07, 6.45) is 1.60. The number of nitrogen functional groups attached to an aromatic ring is 1. The number of benzene rings is 1. The molecular formula is C19H18N8O2S2. The lowest BCUT2D eigenvalue weighted by Crippen LogP contribution is -2.20. The quantitative estimate of drug-likeness (QED) is 0.247. The summed E-state index contributed by atoms with van der Waals surface area (Å²) in [4.78, 5) is 14.8. The fourth-order valence-corrected chi connectivity index (χ4v) is 4.30. The minimum Gasteiger partial charge on any atom is -0.378 e. The Labute approximate surface area is 185 Å². The van der Waals surface area contributed by atoms with E-state index in [2.05, 4.69) is 35.8 Å². The Bertz CT molecular complexity index is 1230. The van der Waals surface area contributed by atoms with Gasteiger partial charge in [0.05, 0.1) is 11.9 Å². The van der Waals surface area contributed by atoms with Gasteiger partial charge in [-0.1, -0.05) is 22.9 Å². The average molecular weight is 455 g/mol. The number of nitrogens with two attached hydrogens (primary N) is 1. The predicted octanol–water partition coefficient (Wildman–Crippen LogP) is 2.97. The molecule has 3 heterocycles. The van der Waals surface area contributed by atoms with Crippen molar-refractivity contribution in [3.63, 3.8) is 0 Å². The highest BCUT2D eigenvalue weighted by molar-refractivity contribution is 7.98. The number of aryl methyl sites for hydroxylation is 2. The normalized spacial score (nSPS) is 11.3. The molecule has 0 spiro atoms. The molecule has 0 atom stereocenters. The fraction of sp³-hybridized carbons (Fsp3) is 0.158. The second-order valence-corrected chi connectivity index (χ2v) is 8.53. The molecule has 3 aromatic heterocycles. The number of thiophene rings is 1. The first-order valence-corrected chi connectivity index (χ1v) is 11.0. The van der Waals surface area contributed by atoms with Crippen molar-refractivity contribution in [1.29, 1.82) is 0 Å². The van der Waals surface area contributed by atoms with Crippen molar-refractivity contribution in [2.24, 2.45) is 5.10 Å². The van der Waals surface area contributed by atoms with Gasteiger partial charge in [-0.25, -0.2) is 10.1 Å². The van der Waals surface area contributed by atoms with Crippen LogP contribution < -0.4 is 11.2 Å². The molecule has 158 valence electrons. The molecule has 0 unspecified atom stereocenters. The summed E-state index contributed by atoms with van der Waals surface area (Å²) in [5.41, 5.74) is 11.2. The van der Waals surface area contributed by atoms with Crippen LogP contribution in [0.3, 0.4) is 0 Å². The third kappa shape index (κ3) is 4.64. The van der Waals surface area contributed by atoms with Crippen LogP contribution in [0, 0.1) is 13.8 Å². The minimum absolute atomic E-state index is 0.0460. The number of hydrazone groups is 1. The van der Waals surface area contributed by atoms with Crippen LogP contribution in [0.2, 0.25) is 0 Å². The van der Waals surface area contributed by atoms with Gasteiger partial charge in [-0.3, -0.25) is 4.79 Å². The molecule has 0 radical (unpaired) electrons. The van der Waals surface area contributed by atoms with Gasteiger partial charge in [-0.2, -0.15) is 9.78 Å². The lowest BCUT2D eigenvalue weighted by molar-refractivity contribution is 0.0949. The van der Waals surface area contributed by atoms with Gasteiger partial charge in [0, 0.05) is 15.5 Å². The smallest absolute Gasteiger partial charge is 0.293 e. The number of aromatic nitrogens is 5. The van der Waals surface area contributed by atoms with E-state index in [4.69, 9.17) is 5.73 Å². The first-order valence-electron chi connectivity index (χ1n) is 9.13. The number of nitrogens with one attached hydrogen (secondary N) is 1. The maximum Gasteiger partial charge on any atom is 0.293 e. The zero-order valence-corrected chi connectivity index (χ0v) is 18.3. The standard InChI is InChI=1S/C19H18N8O2S2/c1-11-3-5-13(6-4-11)31-10-14-16(22-26-27(14)18-17(20)24-29-25-18)19(28)23-21-9-15-12(2)7-8-30-15/h3-9H,10H2,1-2H3,(H2,20,24)(H,23,28)/b21-9-. The highest BCUT2D eigenvalue weighted by atomic mass is 32.2. The topological polar surface area (TPSA) is 137 Å². The maximum atomic E-state index is 12.8. The van der Waals surface area contributed by atoms with E-state index in [0.717, 1.165) is 20.9 Å². The molecule has 0 aliphatic heterocycles. The van der Waals surface area contributed by atoms with Gasteiger partial charge in [0.15, 0.2) is 5.69 Å². The van der Waals surface area contributed by atoms with Gasteiger partial charge in [-0.15, -0.1) is 28.2 Å². The fourth-order valence-electron chi connectivity index (χ4n) is 2.62. The summed E-state index contributed by atoms with van der Waals surface area (Å²) in [7, 11) is 0. The Hall–Kier alpha value is -3.51. The molecule has 0 saturated carbocycles. The summed E-state index contributed by atoms with van der Waals surface area (Å²) in [6, 6.07) is 10.0. The number of thioether (sulfide) groups is 1. The molecule has 0 fully saturated rings. The van der Waals surface area contributed by atoms with Gasteiger partial charge in [-0.05, 0) is 53.3 Å². The molecule has 0 bridgehead atoms. The van der Waals surface area contributed by atoms with Crippen LogP contribution in [0.4, 0.5) is 5.82 Å². The minimum atomic E-state index is -0.494. The Morgan fingerprint density at radius 3 is 2.77 bits per heavy atom. The van der Waals surface area contributed by atoms with Gasteiger partial charge in [0.1, 0.15) is 0 Å². The second-order valence-electron chi connectivity index (χ2n) is 6.54.